The second-order valence-electron chi connectivity index (χ2n) is 6.19. The number of anilines is 1. The van der Waals surface area contributed by atoms with E-state index in [4.69, 9.17) is 11.2 Å². The van der Waals surface area contributed by atoms with Crippen molar-refractivity contribution in [1.29, 1.82) is 0 Å². The predicted octanol–water partition coefficient (Wildman–Crippen LogP) is 1.46. The van der Waals surface area contributed by atoms with Gasteiger partial charge in [-0.05, 0) is 38.0 Å². The number of benzene rings is 1. The Morgan fingerprint density at radius 3 is 2.74 bits per heavy atom. The Morgan fingerprint density at radius 1 is 1.37 bits per heavy atom. The van der Waals surface area contributed by atoms with Crippen molar-refractivity contribution in [2.75, 3.05) is 38.6 Å². The first-order chi connectivity index (χ1) is 13.1. The molecule has 0 radical (unpaired) electrons. The molecule has 0 saturated carbocycles. The predicted molar refractivity (Wildman–Crippen MR) is 105 cm³/mol. The molecule has 1 aromatic rings. The minimum Gasteiger partial charge on any atom is -0.466 e. The molecule has 2 N–H and O–H groups in total. The lowest BCUT2D eigenvalue weighted by atomic mass is 9.97. The number of guanidine groups is 1. The molecule has 1 aliphatic heterocycles. The van der Waals surface area contributed by atoms with Gasteiger partial charge < -0.3 is 20.3 Å². The van der Waals surface area contributed by atoms with E-state index in [2.05, 4.69) is 21.5 Å². The molecule has 7 heteroatoms. The van der Waals surface area contributed by atoms with Crippen molar-refractivity contribution in [3.8, 4) is 12.3 Å². The standard InChI is InChI=1S/C20H26N4O3/c1-4-15-7-6-8-17(13-15)23-18(25)14-22-20(21-3)24-11-9-16(10-12-24)19(26)27-5-2/h1,6-8,13,16H,5,9-12,14H2,2-3H3,(H,21,22)(H,23,25). The van der Waals surface area contributed by atoms with Gasteiger partial charge in [-0.15, -0.1) is 6.42 Å². The van der Waals surface area contributed by atoms with Crippen LogP contribution < -0.4 is 10.6 Å². The molecule has 1 saturated heterocycles. The zero-order chi connectivity index (χ0) is 19.6. The Balaban J connectivity index is 1.81. The molecule has 0 unspecified atom stereocenters. The fourth-order valence-electron chi connectivity index (χ4n) is 2.97. The van der Waals surface area contributed by atoms with Crippen molar-refractivity contribution < 1.29 is 14.3 Å². The summed E-state index contributed by atoms with van der Waals surface area (Å²) in [6.45, 7) is 3.68. The first-order valence-electron chi connectivity index (χ1n) is 9.06. The third kappa shape index (κ3) is 6.03. The van der Waals surface area contributed by atoms with E-state index >= 15 is 0 Å². The number of amides is 1. The molecule has 0 aromatic heterocycles. The van der Waals surface area contributed by atoms with Crippen molar-refractivity contribution in [3.05, 3.63) is 29.8 Å². The molecule has 0 bridgehead atoms. The maximum Gasteiger partial charge on any atom is 0.309 e. The van der Waals surface area contributed by atoms with Crippen LogP contribution in [0.4, 0.5) is 5.69 Å². The number of terminal acetylenes is 1. The molecule has 0 spiro atoms. The molecule has 1 aromatic carbocycles. The number of ether oxygens (including phenoxy) is 1. The Hall–Kier alpha value is -3.01. The summed E-state index contributed by atoms with van der Waals surface area (Å²) in [4.78, 5) is 30.3. The van der Waals surface area contributed by atoms with Crippen LogP contribution in [-0.4, -0.2) is 56.0 Å². The SMILES string of the molecule is C#Cc1cccc(NC(=O)CNC(=NC)N2CCC(C(=O)OCC)CC2)c1. The van der Waals surface area contributed by atoms with Crippen LogP contribution in [0.15, 0.2) is 29.3 Å². The minimum absolute atomic E-state index is 0.0639. The molecule has 1 heterocycles. The summed E-state index contributed by atoms with van der Waals surface area (Å²) in [6.07, 6.45) is 6.79. The van der Waals surface area contributed by atoms with E-state index < -0.39 is 0 Å². The molecular formula is C20H26N4O3. The van der Waals surface area contributed by atoms with Crippen LogP contribution in [0.3, 0.4) is 0 Å². The molecule has 2 rings (SSSR count). The van der Waals surface area contributed by atoms with Crippen LogP contribution in [0, 0.1) is 18.3 Å². The van der Waals surface area contributed by atoms with E-state index in [1.54, 1.807) is 31.3 Å². The lowest BCUT2D eigenvalue weighted by Crippen LogP contribution is -2.48. The highest BCUT2D eigenvalue weighted by Gasteiger charge is 2.27. The Labute approximate surface area is 160 Å². The molecule has 1 aliphatic rings. The van der Waals surface area contributed by atoms with Gasteiger partial charge in [0.05, 0.1) is 19.1 Å². The van der Waals surface area contributed by atoms with Crippen LogP contribution in [0.5, 0.6) is 0 Å². The number of nitrogens with one attached hydrogen (secondary N) is 2. The van der Waals surface area contributed by atoms with Crippen molar-refractivity contribution in [2.24, 2.45) is 10.9 Å². The smallest absolute Gasteiger partial charge is 0.309 e. The fourth-order valence-corrected chi connectivity index (χ4v) is 2.97. The van der Waals surface area contributed by atoms with Crippen LogP contribution in [-0.2, 0) is 14.3 Å². The zero-order valence-electron chi connectivity index (χ0n) is 15.8. The Morgan fingerprint density at radius 2 is 2.11 bits per heavy atom. The molecule has 1 amide bonds. The summed E-state index contributed by atoms with van der Waals surface area (Å²) in [6, 6.07) is 7.13. The van der Waals surface area contributed by atoms with E-state index in [0.29, 0.717) is 49.7 Å². The summed E-state index contributed by atoms with van der Waals surface area (Å²) in [7, 11) is 1.67. The van der Waals surface area contributed by atoms with Gasteiger partial charge in [-0.1, -0.05) is 12.0 Å². The van der Waals surface area contributed by atoms with Gasteiger partial charge in [-0.2, -0.15) is 0 Å². The van der Waals surface area contributed by atoms with Gasteiger partial charge in [-0.25, -0.2) is 0 Å². The summed E-state index contributed by atoms with van der Waals surface area (Å²) < 4.78 is 5.09. The fraction of sp³-hybridized carbons (Fsp3) is 0.450. The lowest BCUT2D eigenvalue weighted by Gasteiger charge is -2.33. The van der Waals surface area contributed by atoms with Gasteiger partial charge in [-0.3, -0.25) is 14.6 Å². The maximum atomic E-state index is 12.2. The van der Waals surface area contributed by atoms with E-state index in [1.165, 1.54) is 0 Å². The van der Waals surface area contributed by atoms with Crippen LogP contribution in [0.2, 0.25) is 0 Å². The second-order valence-corrected chi connectivity index (χ2v) is 6.19. The van der Waals surface area contributed by atoms with Gasteiger partial charge in [0.15, 0.2) is 5.96 Å². The normalized spacial score (nSPS) is 15.0. The van der Waals surface area contributed by atoms with Crippen molar-refractivity contribution >= 4 is 23.5 Å². The number of hydrogen-bond acceptors (Lipinski definition) is 4. The Kier molecular flexibility index (Phi) is 7.68. The number of hydrogen-bond donors (Lipinski definition) is 2. The number of esters is 1. The van der Waals surface area contributed by atoms with Gasteiger partial charge in [0.1, 0.15) is 0 Å². The molecule has 0 atom stereocenters. The average Bonchev–Trinajstić information content (AvgIpc) is 2.69. The largest absolute Gasteiger partial charge is 0.466 e. The quantitative estimate of drug-likeness (QED) is 0.355. The summed E-state index contributed by atoms with van der Waals surface area (Å²) in [5, 5.41) is 5.87. The highest BCUT2D eigenvalue weighted by Crippen LogP contribution is 2.18. The zero-order valence-corrected chi connectivity index (χ0v) is 15.8. The van der Waals surface area contributed by atoms with Crippen LogP contribution >= 0.6 is 0 Å². The summed E-state index contributed by atoms with van der Waals surface area (Å²) in [5.74, 6) is 2.80. The number of carbonyl (C=O) groups is 2. The molecule has 1 fully saturated rings. The molecule has 144 valence electrons. The first kappa shape index (κ1) is 20.3. The summed E-state index contributed by atoms with van der Waals surface area (Å²) in [5.41, 5.74) is 1.36. The topological polar surface area (TPSA) is 83.0 Å². The highest BCUT2D eigenvalue weighted by molar-refractivity contribution is 5.95. The number of rotatable bonds is 5. The van der Waals surface area contributed by atoms with Gasteiger partial charge in [0.25, 0.3) is 0 Å². The number of nitrogens with zero attached hydrogens (tertiary/aromatic N) is 2. The maximum absolute atomic E-state index is 12.2. The summed E-state index contributed by atoms with van der Waals surface area (Å²) >= 11 is 0. The van der Waals surface area contributed by atoms with Crippen molar-refractivity contribution in [3.63, 3.8) is 0 Å². The minimum atomic E-state index is -0.188. The third-order valence-electron chi connectivity index (χ3n) is 4.35. The van der Waals surface area contributed by atoms with E-state index in [9.17, 15) is 9.59 Å². The second kappa shape index (κ2) is 10.2. The lowest BCUT2D eigenvalue weighted by molar-refractivity contribution is -0.149. The molecule has 7 nitrogen and oxygen atoms in total. The van der Waals surface area contributed by atoms with Gasteiger partial charge in [0, 0.05) is 31.4 Å². The first-order valence-corrected chi connectivity index (χ1v) is 9.06. The number of aliphatic imine (C=N–C) groups is 1. The van der Waals surface area contributed by atoms with E-state index in [1.807, 2.05) is 11.8 Å². The van der Waals surface area contributed by atoms with Crippen molar-refractivity contribution in [2.45, 2.75) is 19.8 Å². The molecular weight excluding hydrogens is 344 g/mol. The monoisotopic (exact) mass is 370 g/mol. The molecule has 0 aliphatic carbocycles. The van der Waals surface area contributed by atoms with E-state index in [-0.39, 0.29) is 24.3 Å². The third-order valence-corrected chi connectivity index (χ3v) is 4.35. The average molecular weight is 370 g/mol. The van der Waals surface area contributed by atoms with Crippen LogP contribution in [0.25, 0.3) is 0 Å². The van der Waals surface area contributed by atoms with E-state index in [0.717, 1.165) is 0 Å². The molecule has 27 heavy (non-hydrogen) atoms. The Bertz CT molecular complexity index is 731. The number of likely N-dealkylation sites (tertiary alicyclic amines) is 1. The number of piperidine rings is 1. The number of carbonyl (C=O) groups excluding carboxylic acids is 2. The van der Waals surface area contributed by atoms with Gasteiger partial charge in [0.2, 0.25) is 5.91 Å². The van der Waals surface area contributed by atoms with Gasteiger partial charge >= 0.3 is 5.97 Å². The van der Waals surface area contributed by atoms with Crippen molar-refractivity contribution in [1.82, 2.24) is 10.2 Å². The van der Waals surface area contributed by atoms with Crippen LogP contribution in [0.1, 0.15) is 25.3 Å². The highest BCUT2D eigenvalue weighted by atomic mass is 16.5.